The molecule has 0 radical (unpaired) electrons. The summed E-state index contributed by atoms with van der Waals surface area (Å²) in [7, 11) is 0. The fraction of sp³-hybridized carbons (Fsp3) is 0.625. The number of nitrogens with zero attached hydrogens (tertiary/aromatic N) is 1. The van der Waals surface area contributed by atoms with Gasteiger partial charge in [-0.1, -0.05) is 30.7 Å². The van der Waals surface area contributed by atoms with Crippen molar-refractivity contribution in [2.45, 2.75) is 44.2 Å². The minimum absolute atomic E-state index is 0.310. The van der Waals surface area contributed by atoms with Gasteiger partial charge in [0.2, 0.25) is 0 Å². The van der Waals surface area contributed by atoms with Crippen molar-refractivity contribution in [3.63, 3.8) is 0 Å². The van der Waals surface area contributed by atoms with Gasteiger partial charge in [0.15, 0.2) is 0 Å². The molecular formula is C16H23ClN2. The highest BCUT2D eigenvalue weighted by atomic mass is 35.5. The van der Waals surface area contributed by atoms with Crippen molar-refractivity contribution in [2.24, 2.45) is 11.7 Å². The van der Waals surface area contributed by atoms with Gasteiger partial charge in [0.1, 0.15) is 0 Å². The van der Waals surface area contributed by atoms with Crippen molar-refractivity contribution >= 4 is 11.6 Å². The van der Waals surface area contributed by atoms with Gasteiger partial charge >= 0.3 is 0 Å². The lowest BCUT2D eigenvalue weighted by atomic mass is 9.78. The molecule has 2 N–H and O–H groups in total. The van der Waals surface area contributed by atoms with Gasteiger partial charge in [-0.25, -0.2) is 0 Å². The third-order valence-electron chi connectivity index (χ3n) is 4.72. The Morgan fingerprint density at radius 2 is 1.79 bits per heavy atom. The Bertz CT molecular complexity index is 425. The maximum Gasteiger partial charge on any atom is 0.0406 e. The van der Waals surface area contributed by atoms with E-state index >= 15 is 0 Å². The molecule has 2 fully saturated rings. The van der Waals surface area contributed by atoms with Gasteiger partial charge in [0.25, 0.3) is 0 Å². The van der Waals surface area contributed by atoms with Crippen LogP contribution in [0, 0.1) is 5.92 Å². The predicted octanol–water partition coefficient (Wildman–Crippen LogP) is 3.26. The number of likely N-dealkylation sites (tertiary alicyclic amines) is 1. The van der Waals surface area contributed by atoms with Crippen molar-refractivity contribution in [1.29, 1.82) is 0 Å². The lowest BCUT2D eigenvalue weighted by Crippen LogP contribution is -2.53. The van der Waals surface area contributed by atoms with Gasteiger partial charge in [0.05, 0.1) is 0 Å². The lowest BCUT2D eigenvalue weighted by Gasteiger charge is -2.47. The van der Waals surface area contributed by atoms with E-state index in [9.17, 15) is 0 Å². The molecule has 1 saturated carbocycles. The summed E-state index contributed by atoms with van der Waals surface area (Å²) in [6.45, 7) is 4.57. The summed E-state index contributed by atoms with van der Waals surface area (Å²) in [4.78, 5) is 2.62. The molecule has 1 heterocycles. The molecule has 1 aromatic rings. The molecule has 104 valence electrons. The Kier molecular flexibility index (Phi) is 3.84. The van der Waals surface area contributed by atoms with E-state index in [1.807, 2.05) is 12.1 Å². The molecule has 1 saturated heterocycles. The topological polar surface area (TPSA) is 29.3 Å². The van der Waals surface area contributed by atoms with Crippen LogP contribution in [0.3, 0.4) is 0 Å². The molecule has 2 aliphatic rings. The Morgan fingerprint density at radius 1 is 1.11 bits per heavy atom. The average molecular weight is 279 g/mol. The molecule has 1 aromatic carbocycles. The van der Waals surface area contributed by atoms with E-state index < -0.39 is 0 Å². The van der Waals surface area contributed by atoms with E-state index in [0.29, 0.717) is 12.0 Å². The maximum absolute atomic E-state index is 6.27. The smallest absolute Gasteiger partial charge is 0.0406 e. The first-order chi connectivity index (χ1) is 9.11. The molecule has 2 nitrogen and oxygen atoms in total. The number of nitrogens with two attached hydrogens (primary N) is 1. The van der Waals surface area contributed by atoms with Crippen LogP contribution >= 0.6 is 11.6 Å². The third-order valence-corrected chi connectivity index (χ3v) is 4.97. The Morgan fingerprint density at radius 3 is 2.42 bits per heavy atom. The standard InChI is InChI=1S/C16H23ClN2/c1-11-6-16(7-11)19-9-13(8-15(18)10-19)12-2-4-14(17)5-3-12/h2-5,11,13,15-16H,6-10,18H2,1H3. The molecule has 2 unspecified atom stereocenters. The highest BCUT2D eigenvalue weighted by molar-refractivity contribution is 6.30. The summed E-state index contributed by atoms with van der Waals surface area (Å²) in [5.41, 5.74) is 7.65. The van der Waals surface area contributed by atoms with E-state index in [2.05, 4.69) is 24.0 Å². The minimum Gasteiger partial charge on any atom is -0.327 e. The SMILES string of the molecule is CC1CC(N2CC(N)CC(c3ccc(Cl)cc3)C2)C1. The molecular weight excluding hydrogens is 256 g/mol. The Labute approximate surface area is 120 Å². The van der Waals surface area contributed by atoms with Gasteiger partial charge < -0.3 is 5.73 Å². The largest absolute Gasteiger partial charge is 0.327 e. The molecule has 3 rings (SSSR count). The van der Waals surface area contributed by atoms with E-state index in [0.717, 1.165) is 36.5 Å². The number of rotatable bonds is 2. The van der Waals surface area contributed by atoms with Crippen LogP contribution in [0.2, 0.25) is 5.02 Å². The first-order valence-electron chi connectivity index (χ1n) is 7.37. The van der Waals surface area contributed by atoms with Crippen molar-refractivity contribution < 1.29 is 0 Å². The second kappa shape index (κ2) is 5.43. The molecule has 0 bridgehead atoms. The molecule has 0 spiro atoms. The third kappa shape index (κ3) is 2.96. The van der Waals surface area contributed by atoms with Crippen LogP contribution < -0.4 is 5.73 Å². The molecule has 0 aromatic heterocycles. The second-order valence-corrected chi connectivity index (χ2v) is 6.86. The first kappa shape index (κ1) is 13.4. The summed E-state index contributed by atoms with van der Waals surface area (Å²) < 4.78 is 0. The van der Waals surface area contributed by atoms with Crippen molar-refractivity contribution in [1.82, 2.24) is 4.90 Å². The summed E-state index contributed by atoms with van der Waals surface area (Å²) in [5.74, 6) is 1.47. The second-order valence-electron chi connectivity index (χ2n) is 6.43. The number of hydrogen-bond acceptors (Lipinski definition) is 2. The molecule has 2 atom stereocenters. The van der Waals surface area contributed by atoms with Crippen molar-refractivity contribution in [3.05, 3.63) is 34.9 Å². The summed E-state index contributed by atoms with van der Waals surface area (Å²) >= 11 is 5.97. The zero-order valence-electron chi connectivity index (χ0n) is 11.6. The molecule has 19 heavy (non-hydrogen) atoms. The summed E-state index contributed by atoms with van der Waals surface area (Å²) in [5, 5.41) is 0.813. The number of hydrogen-bond donors (Lipinski definition) is 1. The van der Waals surface area contributed by atoms with Crippen LogP contribution in [0.15, 0.2) is 24.3 Å². The average Bonchev–Trinajstić information content (AvgIpc) is 2.35. The molecule has 0 amide bonds. The van der Waals surface area contributed by atoms with Gasteiger partial charge in [-0.2, -0.15) is 0 Å². The van der Waals surface area contributed by atoms with E-state index in [4.69, 9.17) is 17.3 Å². The van der Waals surface area contributed by atoms with Crippen LogP contribution in [0.25, 0.3) is 0 Å². The van der Waals surface area contributed by atoms with Crippen LogP contribution in [-0.2, 0) is 0 Å². The van der Waals surface area contributed by atoms with Crippen LogP contribution in [0.5, 0.6) is 0 Å². The van der Waals surface area contributed by atoms with Gasteiger partial charge in [0, 0.05) is 30.2 Å². The van der Waals surface area contributed by atoms with Crippen LogP contribution in [0.1, 0.15) is 37.7 Å². The highest BCUT2D eigenvalue weighted by Gasteiger charge is 2.35. The summed E-state index contributed by atoms with van der Waals surface area (Å²) in [6, 6.07) is 9.39. The zero-order valence-corrected chi connectivity index (χ0v) is 12.3. The van der Waals surface area contributed by atoms with Crippen LogP contribution in [0.4, 0.5) is 0 Å². The molecule has 3 heteroatoms. The first-order valence-corrected chi connectivity index (χ1v) is 7.74. The van der Waals surface area contributed by atoms with Crippen LogP contribution in [-0.4, -0.2) is 30.1 Å². The van der Waals surface area contributed by atoms with Gasteiger partial charge in [-0.05, 0) is 48.8 Å². The zero-order chi connectivity index (χ0) is 13.4. The van der Waals surface area contributed by atoms with Crippen molar-refractivity contribution in [3.8, 4) is 0 Å². The molecule has 1 aliphatic heterocycles. The van der Waals surface area contributed by atoms with Crippen molar-refractivity contribution in [2.75, 3.05) is 13.1 Å². The fourth-order valence-electron chi connectivity index (χ4n) is 3.61. The lowest BCUT2D eigenvalue weighted by molar-refractivity contribution is 0.0542. The minimum atomic E-state index is 0.310. The number of piperidine rings is 1. The predicted molar refractivity (Wildman–Crippen MR) is 80.5 cm³/mol. The van der Waals surface area contributed by atoms with E-state index in [1.165, 1.54) is 18.4 Å². The van der Waals surface area contributed by atoms with E-state index in [1.54, 1.807) is 0 Å². The normalized spacial score (nSPS) is 35.9. The summed E-state index contributed by atoms with van der Waals surface area (Å²) in [6.07, 6.45) is 3.79. The highest BCUT2D eigenvalue weighted by Crippen LogP contribution is 2.36. The molecule has 1 aliphatic carbocycles. The Balaban J connectivity index is 1.69. The number of halogens is 1. The Hall–Kier alpha value is -0.570. The number of benzene rings is 1. The monoisotopic (exact) mass is 278 g/mol. The fourth-order valence-corrected chi connectivity index (χ4v) is 3.73. The van der Waals surface area contributed by atoms with E-state index in [-0.39, 0.29) is 0 Å². The van der Waals surface area contributed by atoms with Gasteiger partial charge in [-0.3, -0.25) is 4.90 Å². The van der Waals surface area contributed by atoms with Gasteiger partial charge in [-0.15, -0.1) is 0 Å². The maximum atomic E-state index is 6.27. The quantitative estimate of drug-likeness (QED) is 0.900.